The van der Waals surface area contributed by atoms with Crippen LogP contribution in [0.4, 0.5) is 0 Å². The van der Waals surface area contributed by atoms with Gasteiger partial charge in [0, 0.05) is 27.9 Å². The quantitative estimate of drug-likeness (QED) is 0.312. The van der Waals surface area contributed by atoms with E-state index in [9.17, 15) is 18.6 Å². The summed E-state index contributed by atoms with van der Waals surface area (Å²) < 4.78 is 29.5. The van der Waals surface area contributed by atoms with E-state index in [2.05, 4.69) is 14.7 Å². The normalized spacial score (nSPS) is 16.8. The van der Waals surface area contributed by atoms with Crippen LogP contribution >= 0.6 is 22.9 Å². The van der Waals surface area contributed by atoms with Gasteiger partial charge in [-0.1, -0.05) is 29.8 Å². The summed E-state index contributed by atoms with van der Waals surface area (Å²) in [6, 6.07) is 13.7. The molecule has 0 radical (unpaired) electrons. The Morgan fingerprint density at radius 2 is 1.91 bits per heavy atom. The van der Waals surface area contributed by atoms with Gasteiger partial charge in [0.25, 0.3) is 0 Å². The van der Waals surface area contributed by atoms with E-state index in [1.165, 1.54) is 18.3 Å². The van der Waals surface area contributed by atoms with E-state index in [0.717, 1.165) is 15.1 Å². The van der Waals surface area contributed by atoms with Crippen molar-refractivity contribution in [3.8, 4) is 11.3 Å². The molecule has 1 fully saturated rings. The molecule has 1 aliphatic carbocycles. The zero-order chi connectivity index (χ0) is 24.8. The number of aliphatic hydroxyl groups is 2. The van der Waals surface area contributed by atoms with Crippen LogP contribution in [0.15, 0.2) is 60.9 Å². The molecular formula is C25H24ClN3O4S2. The Hall–Kier alpha value is -2.40. The third-order valence-corrected chi connectivity index (χ3v) is 9.62. The Kier molecular flexibility index (Phi) is 6.41. The Morgan fingerprint density at radius 3 is 2.63 bits per heavy atom. The van der Waals surface area contributed by atoms with E-state index in [0.29, 0.717) is 40.2 Å². The number of fused-ring (bicyclic) bond motifs is 1. The molecule has 0 saturated heterocycles. The van der Waals surface area contributed by atoms with Crippen LogP contribution in [0.5, 0.6) is 0 Å². The van der Waals surface area contributed by atoms with Crippen molar-refractivity contribution >= 4 is 43.2 Å². The minimum Gasteiger partial charge on any atom is -0.393 e. The monoisotopic (exact) mass is 529 g/mol. The van der Waals surface area contributed by atoms with Crippen LogP contribution in [-0.4, -0.2) is 40.5 Å². The fourth-order valence-electron chi connectivity index (χ4n) is 3.93. The van der Waals surface area contributed by atoms with Crippen LogP contribution in [0.1, 0.15) is 41.8 Å². The first-order valence-electron chi connectivity index (χ1n) is 11.1. The summed E-state index contributed by atoms with van der Waals surface area (Å²) in [5.74, 6) is 0. The molecule has 35 heavy (non-hydrogen) atoms. The second kappa shape index (κ2) is 9.24. The highest BCUT2D eigenvalue weighted by molar-refractivity contribution is 7.90. The van der Waals surface area contributed by atoms with Gasteiger partial charge >= 0.3 is 0 Å². The van der Waals surface area contributed by atoms with E-state index >= 15 is 0 Å². The first-order chi connectivity index (χ1) is 16.7. The fraction of sp³-hybridized carbons (Fsp3) is 0.280. The number of benzene rings is 1. The number of pyridine rings is 2. The minimum atomic E-state index is -3.51. The van der Waals surface area contributed by atoms with E-state index < -0.39 is 28.3 Å². The summed E-state index contributed by atoms with van der Waals surface area (Å²) in [6.45, 7) is 1.11. The van der Waals surface area contributed by atoms with E-state index in [1.807, 2.05) is 30.3 Å². The molecule has 4 aromatic rings. The maximum atomic E-state index is 12.9. The van der Waals surface area contributed by atoms with Gasteiger partial charge < -0.3 is 10.2 Å². The van der Waals surface area contributed by atoms with Crippen molar-refractivity contribution in [2.45, 2.75) is 36.7 Å². The SMILES string of the molecule is C[C@@](O)(CO)c1ccnc(-c2ccnc3cc([C@@H](NS(=O)(=O)C4CC4)c4ccccc4Cl)sc23)c1. The van der Waals surface area contributed by atoms with Crippen molar-refractivity contribution < 1.29 is 18.6 Å². The number of sulfonamides is 1. The number of hydrogen-bond donors (Lipinski definition) is 3. The van der Waals surface area contributed by atoms with E-state index in [4.69, 9.17) is 11.6 Å². The average Bonchev–Trinajstić information content (AvgIpc) is 3.63. The molecule has 1 saturated carbocycles. The van der Waals surface area contributed by atoms with E-state index in [-0.39, 0.29) is 5.25 Å². The molecule has 0 amide bonds. The Labute approximate surface area is 212 Å². The van der Waals surface area contributed by atoms with Gasteiger partial charge in [0.2, 0.25) is 10.0 Å². The maximum absolute atomic E-state index is 12.9. The van der Waals surface area contributed by atoms with Gasteiger partial charge in [-0.3, -0.25) is 9.97 Å². The Morgan fingerprint density at radius 1 is 1.17 bits per heavy atom. The van der Waals surface area contributed by atoms with Crippen molar-refractivity contribution in [3.05, 3.63) is 82.0 Å². The molecule has 3 N–H and O–H groups in total. The predicted octanol–water partition coefficient (Wildman–Crippen LogP) is 4.38. The summed E-state index contributed by atoms with van der Waals surface area (Å²) >= 11 is 7.92. The van der Waals surface area contributed by atoms with Crippen LogP contribution in [0.3, 0.4) is 0 Å². The van der Waals surface area contributed by atoms with Crippen molar-refractivity contribution in [1.82, 2.24) is 14.7 Å². The van der Waals surface area contributed by atoms with Gasteiger partial charge in [0.05, 0.1) is 33.8 Å². The van der Waals surface area contributed by atoms with Gasteiger partial charge in [-0.25, -0.2) is 13.1 Å². The number of nitrogens with one attached hydrogen (secondary N) is 1. The van der Waals surface area contributed by atoms with Crippen molar-refractivity contribution in [2.75, 3.05) is 6.61 Å². The second-order valence-electron chi connectivity index (χ2n) is 8.90. The molecule has 2 atom stereocenters. The third kappa shape index (κ3) is 4.84. The highest BCUT2D eigenvalue weighted by atomic mass is 35.5. The standard InChI is InChI=1S/C25H24ClN3O4S2/c1-25(31,14-30)15-8-10-27-20(12-15)18-9-11-28-21-13-22(34-24(18)21)23(17-4-2-3-5-19(17)26)29-35(32,33)16-6-7-16/h2-5,8-13,16,23,29-31H,6-7,14H2,1H3/t23-,25+/m0/s1. The largest absolute Gasteiger partial charge is 0.393 e. The lowest BCUT2D eigenvalue weighted by Crippen LogP contribution is -2.31. The van der Waals surface area contributed by atoms with Gasteiger partial charge in [-0.2, -0.15) is 0 Å². The maximum Gasteiger partial charge on any atom is 0.215 e. The molecule has 7 nitrogen and oxygen atoms in total. The van der Waals surface area contributed by atoms with Gasteiger partial charge in [-0.15, -0.1) is 11.3 Å². The second-order valence-corrected chi connectivity index (χ2v) is 12.4. The summed E-state index contributed by atoms with van der Waals surface area (Å²) in [6.07, 6.45) is 4.57. The first kappa shape index (κ1) is 24.3. The van der Waals surface area contributed by atoms with Crippen molar-refractivity contribution in [3.63, 3.8) is 0 Å². The smallest absolute Gasteiger partial charge is 0.215 e. The summed E-state index contributed by atoms with van der Waals surface area (Å²) in [5, 5.41) is 20.2. The van der Waals surface area contributed by atoms with Crippen LogP contribution < -0.4 is 4.72 Å². The average molecular weight is 530 g/mol. The number of aromatic nitrogens is 2. The van der Waals surface area contributed by atoms with Crippen LogP contribution in [0, 0.1) is 0 Å². The molecule has 1 aliphatic rings. The highest BCUT2D eigenvalue weighted by Gasteiger charge is 2.38. The van der Waals surface area contributed by atoms with Crippen LogP contribution in [0.25, 0.3) is 21.5 Å². The molecule has 0 bridgehead atoms. The number of thiophene rings is 1. The number of hydrogen-bond acceptors (Lipinski definition) is 7. The number of nitrogens with zero attached hydrogens (tertiary/aromatic N) is 2. The number of rotatable bonds is 8. The molecule has 0 unspecified atom stereocenters. The van der Waals surface area contributed by atoms with Crippen LogP contribution in [0.2, 0.25) is 5.02 Å². The molecule has 1 aromatic carbocycles. The molecular weight excluding hydrogens is 506 g/mol. The predicted molar refractivity (Wildman–Crippen MR) is 138 cm³/mol. The molecule has 5 rings (SSSR count). The molecule has 10 heteroatoms. The van der Waals surface area contributed by atoms with Gasteiger partial charge in [0.1, 0.15) is 5.60 Å². The summed E-state index contributed by atoms with van der Waals surface area (Å²) in [5.41, 5.74) is 1.92. The van der Waals surface area contributed by atoms with E-state index in [1.54, 1.807) is 30.6 Å². The Balaban J connectivity index is 1.62. The Bertz CT molecular complexity index is 1500. The minimum absolute atomic E-state index is 0.373. The van der Waals surface area contributed by atoms with Crippen molar-refractivity contribution in [2.24, 2.45) is 0 Å². The molecule has 182 valence electrons. The molecule has 0 aliphatic heterocycles. The summed E-state index contributed by atoms with van der Waals surface area (Å²) in [7, 11) is -3.51. The van der Waals surface area contributed by atoms with Gasteiger partial charge in [0.15, 0.2) is 0 Å². The molecule has 0 spiro atoms. The highest BCUT2D eigenvalue weighted by Crippen LogP contribution is 2.40. The molecule has 3 aromatic heterocycles. The fourth-order valence-corrected chi connectivity index (χ4v) is 6.99. The van der Waals surface area contributed by atoms with Crippen LogP contribution in [-0.2, 0) is 15.6 Å². The number of halogens is 1. The number of aliphatic hydroxyl groups excluding tert-OH is 1. The summed E-state index contributed by atoms with van der Waals surface area (Å²) in [4.78, 5) is 9.74. The first-order valence-corrected chi connectivity index (χ1v) is 13.9. The van der Waals surface area contributed by atoms with Gasteiger partial charge in [-0.05, 0) is 61.2 Å². The zero-order valence-corrected chi connectivity index (χ0v) is 21.2. The lowest BCUT2D eigenvalue weighted by molar-refractivity contribution is -0.00230. The lowest BCUT2D eigenvalue weighted by Gasteiger charge is -2.21. The lowest BCUT2D eigenvalue weighted by atomic mass is 9.96. The topological polar surface area (TPSA) is 112 Å². The molecule has 3 heterocycles. The third-order valence-electron chi connectivity index (χ3n) is 6.14. The van der Waals surface area contributed by atoms with Crippen molar-refractivity contribution in [1.29, 1.82) is 0 Å². The zero-order valence-electron chi connectivity index (χ0n) is 18.8.